The minimum atomic E-state index is -0.650. The molecule has 1 unspecified atom stereocenters. The van der Waals surface area contributed by atoms with E-state index in [1.807, 2.05) is 36.4 Å². The SMILES string of the molecule is ClC(Oc1ccccc1)c1nc2cc3ccccc3cc2n1CCCBr. The monoisotopic (exact) mass is 428 g/mol. The Labute approximate surface area is 165 Å². The average molecular weight is 430 g/mol. The Morgan fingerprint density at radius 2 is 1.69 bits per heavy atom. The first kappa shape index (κ1) is 17.4. The van der Waals surface area contributed by atoms with E-state index < -0.39 is 5.56 Å². The Hall–Kier alpha value is -2.04. The summed E-state index contributed by atoms with van der Waals surface area (Å²) in [7, 11) is 0. The van der Waals surface area contributed by atoms with Gasteiger partial charge in [-0.1, -0.05) is 70.0 Å². The van der Waals surface area contributed by atoms with Crippen LogP contribution in [0.3, 0.4) is 0 Å². The lowest BCUT2D eigenvalue weighted by molar-refractivity contribution is 0.272. The Balaban J connectivity index is 1.79. The Kier molecular flexibility index (Phi) is 5.14. The zero-order valence-corrected chi connectivity index (χ0v) is 16.5. The first-order valence-corrected chi connectivity index (χ1v) is 10.1. The molecule has 3 nitrogen and oxygen atoms in total. The molecule has 0 N–H and O–H groups in total. The van der Waals surface area contributed by atoms with Crippen molar-refractivity contribution < 1.29 is 4.74 Å². The van der Waals surface area contributed by atoms with E-state index in [1.165, 1.54) is 10.8 Å². The van der Waals surface area contributed by atoms with E-state index in [9.17, 15) is 0 Å². The second-order valence-corrected chi connectivity index (χ2v) is 7.29. The van der Waals surface area contributed by atoms with E-state index in [-0.39, 0.29) is 0 Å². The van der Waals surface area contributed by atoms with Gasteiger partial charge in [-0.3, -0.25) is 0 Å². The molecule has 0 aliphatic rings. The van der Waals surface area contributed by atoms with E-state index in [1.54, 1.807) is 0 Å². The van der Waals surface area contributed by atoms with Gasteiger partial charge in [-0.25, -0.2) is 4.98 Å². The lowest BCUT2D eigenvalue weighted by Gasteiger charge is -2.15. The third-order valence-electron chi connectivity index (χ3n) is 4.35. The van der Waals surface area contributed by atoms with Gasteiger partial charge >= 0.3 is 0 Å². The number of aryl methyl sites for hydroxylation is 1. The van der Waals surface area contributed by atoms with Crippen molar-refractivity contribution in [3.8, 4) is 5.75 Å². The highest BCUT2D eigenvalue weighted by Crippen LogP contribution is 2.30. The predicted octanol–water partition coefficient (Wildman–Crippen LogP) is 6.29. The number of para-hydroxylation sites is 1. The smallest absolute Gasteiger partial charge is 0.229 e. The molecular weight excluding hydrogens is 412 g/mol. The number of aromatic nitrogens is 2. The lowest BCUT2D eigenvalue weighted by Crippen LogP contribution is -2.10. The molecule has 0 amide bonds. The third-order valence-corrected chi connectivity index (χ3v) is 5.19. The molecular formula is C21H18BrClN2O. The number of alkyl halides is 2. The fourth-order valence-corrected chi connectivity index (χ4v) is 3.65. The number of benzene rings is 3. The number of fused-ring (bicyclic) bond motifs is 2. The zero-order valence-electron chi connectivity index (χ0n) is 14.1. The highest BCUT2D eigenvalue weighted by Gasteiger charge is 2.20. The highest BCUT2D eigenvalue weighted by molar-refractivity contribution is 9.09. The van der Waals surface area contributed by atoms with Crippen LogP contribution in [0, 0.1) is 0 Å². The molecule has 0 bridgehead atoms. The third kappa shape index (κ3) is 3.44. The van der Waals surface area contributed by atoms with E-state index >= 15 is 0 Å². The maximum Gasteiger partial charge on any atom is 0.229 e. The molecule has 0 aliphatic heterocycles. The Morgan fingerprint density at radius 3 is 2.42 bits per heavy atom. The number of hydrogen-bond acceptors (Lipinski definition) is 2. The summed E-state index contributed by atoms with van der Waals surface area (Å²) in [5.74, 6) is 1.47. The van der Waals surface area contributed by atoms with E-state index in [2.05, 4.69) is 50.8 Å². The summed E-state index contributed by atoms with van der Waals surface area (Å²) in [6.45, 7) is 0.830. The first-order chi connectivity index (χ1) is 12.8. The molecule has 0 spiro atoms. The van der Waals surface area contributed by atoms with E-state index in [4.69, 9.17) is 21.3 Å². The number of ether oxygens (including phenoxy) is 1. The van der Waals surface area contributed by atoms with Crippen molar-refractivity contribution in [2.45, 2.75) is 18.5 Å². The molecule has 3 aromatic carbocycles. The molecule has 132 valence electrons. The summed E-state index contributed by atoms with van der Waals surface area (Å²) in [5.41, 5.74) is 1.38. The molecule has 0 fully saturated rings. The Bertz CT molecular complexity index is 1030. The van der Waals surface area contributed by atoms with Gasteiger partial charge in [0.1, 0.15) is 5.75 Å². The predicted molar refractivity (Wildman–Crippen MR) is 111 cm³/mol. The summed E-state index contributed by atoms with van der Waals surface area (Å²) in [5, 5.41) is 3.29. The first-order valence-electron chi connectivity index (χ1n) is 8.57. The lowest BCUT2D eigenvalue weighted by atomic mass is 10.1. The van der Waals surface area contributed by atoms with Crippen LogP contribution in [0.25, 0.3) is 21.8 Å². The van der Waals surface area contributed by atoms with Crippen molar-refractivity contribution in [3.63, 3.8) is 0 Å². The fourth-order valence-electron chi connectivity index (χ4n) is 3.13. The molecule has 0 aliphatic carbocycles. The van der Waals surface area contributed by atoms with Gasteiger partial charge in [0.05, 0.1) is 11.0 Å². The summed E-state index contributed by atoms with van der Waals surface area (Å²) < 4.78 is 8.09. The molecule has 1 atom stereocenters. The topological polar surface area (TPSA) is 27.1 Å². The standard InChI is InChI=1S/C21H18BrClN2O/c22-11-6-12-25-19-14-16-8-5-4-7-15(16)13-18(19)24-21(25)20(23)26-17-9-2-1-3-10-17/h1-5,7-10,13-14,20H,6,11-12H2. The van der Waals surface area contributed by atoms with E-state index in [0.717, 1.165) is 40.9 Å². The molecule has 4 rings (SSSR count). The number of imidazole rings is 1. The van der Waals surface area contributed by atoms with Gasteiger partial charge < -0.3 is 9.30 Å². The van der Waals surface area contributed by atoms with Crippen molar-refractivity contribution >= 4 is 49.3 Å². The van der Waals surface area contributed by atoms with Gasteiger partial charge in [0.2, 0.25) is 5.56 Å². The Morgan fingerprint density at radius 1 is 1.00 bits per heavy atom. The zero-order chi connectivity index (χ0) is 17.9. The largest absolute Gasteiger partial charge is 0.467 e. The molecule has 1 heterocycles. The van der Waals surface area contributed by atoms with Crippen molar-refractivity contribution in [1.29, 1.82) is 0 Å². The minimum absolute atomic E-state index is 0.650. The van der Waals surface area contributed by atoms with E-state index in [0.29, 0.717) is 0 Å². The molecule has 0 saturated heterocycles. The molecule has 0 radical (unpaired) electrons. The van der Waals surface area contributed by atoms with Gasteiger partial charge in [-0.15, -0.1) is 0 Å². The molecule has 5 heteroatoms. The van der Waals surface area contributed by atoms with Crippen molar-refractivity contribution in [3.05, 3.63) is 72.6 Å². The number of rotatable bonds is 6. The highest BCUT2D eigenvalue weighted by atomic mass is 79.9. The fraction of sp³-hybridized carbons (Fsp3) is 0.190. The van der Waals surface area contributed by atoms with Crippen LogP contribution in [0.15, 0.2) is 66.7 Å². The summed E-state index contributed by atoms with van der Waals surface area (Å²) in [6.07, 6.45) is 0.986. The van der Waals surface area contributed by atoms with Gasteiger partial charge in [0.25, 0.3) is 0 Å². The van der Waals surface area contributed by atoms with Gasteiger partial charge in [-0.2, -0.15) is 0 Å². The second kappa shape index (κ2) is 7.68. The van der Waals surface area contributed by atoms with Gasteiger partial charge in [0, 0.05) is 11.9 Å². The maximum atomic E-state index is 6.61. The van der Waals surface area contributed by atoms with Crippen LogP contribution in [-0.4, -0.2) is 14.9 Å². The molecule has 26 heavy (non-hydrogen) atoms. The molecule has 0 saturated carbocycles. The van der Waals surface area contributed by atoms with Crippen LogP contribution in [0.5, 0.6) is 5.75 Å². The van der Waals surface area contributed by atoms with Gasteiger partial charge in [-0.05, 0) is 41.5 Å². The van der Waals surface area contributed by atoms with Crippen molar-refractivity contribution in [1.82, 2.24) is 9.55 Å². The molecule has 4 aromatic rings. The number of hydrogen-bond donors (Lipinski definition) is 0. The summed E-state index contributed by atoms with van der Waals surface area (Å²) >= 11 is 10.1. The molecule has 1 aromatic heterocycles. The quantitative estimate of drug-likeness (QED) is 0.337. The number of halogens is 2. The van der Waals surface area contributed by atoms with Crippen LogP contribution in [0.2, 0.25) is 0 Å². The van der Waals surface area contributed by atoms with Crippen molar-refractivity contribution in [2.24, 2.45) is 0 Å². The van der Waals surface area contributed by atoms with Gasteiger partial charge in [0.15, 0.2) is 5.82 Å². The van der Waals surface area contributed by atoms with Crippen LogP contribution in [0.1, 0.15) is 17.8 Å². The van der Waals surface area contributed by atoms with Crippen LogP contribution < -0.4 is 4.74 Å². The van der Waals surface area contributed by atoms with Crippen LogP contribution >= 0.6 is 27.5 Å². The summed E-state index contributed by atoms with van der Waals surface area (Å²) in [4.78, 5) is 4.80. The minimum Gasteiger partial charge on any atom is -0.467 e. The average Bonchev–Trinajstić information content (AvgIpc) is 3.03. The maximum absolute atomic E-state index is 6.61. The second-order valence-electron chi connectivity index (χ2n) is 6.10. The normalized spacial score (nSPS) is 12.5. The van der Waals surface area contributed by atoms with Crippen molar-refractivity contribution in [2.75, 3.05) is 5.33 Å². The van der Waals surface area contributed by atoms with Crippen LogP contribution in [-0.2, 0) is 6.54 Å². The number of nitrogens with zero attached hydrogens (tertiary/aromatic N) is 2. The van der Waals surface area contributed by atoms with Crippen LogP contribution in [0.4, 0.5) is 0 Å². The summed E-state index contributed by atoms with van der Waals surface area (Å²) in [6, 6.07) is 22.2.